The molecule has 0 bridgehead atoms. The molecule has 1 N–H and O–H groups in total. The van der Waals surface area contributed by atoms with Gasteiger partial charge in [0.25, 0.3) is 11.8 Å². The van der Waals surface area contributed by atoms with E-state index in [4.69, 9.17) is 34.8 Å². The summed E-state index contributed by atoms with van der Waals surface area (Å²) in [5.41, 5.74) is 2.88. The van der Waals surface area contributed by atoms with Gasteiger partial charge in [0.2, 0.25) is 0 Å². The van der Waals surface area contributed by atoms with Crippen LogP contribution in [0.1, 0.15) is 11.1 Å². The predicted molar refractivity (Wildman–Crippen MR) is 101 cm³/mol. The summed E-state index contributed by atoms with van der Waals surface area (Å²) in [4.78, 5) is 26.3. The Morgan fingerprint density at radius 1 is 0.840 bits per heavy atom. The Labute approximate surface area is 160 Å². The van der Waals surface area contributed by atoms with Crippen molar-refractivity contribution in [1.82, 2.24) is 0 Å². The highest BCUT2D eigenvalue weighted by atomic mass is 35.5. The fourth-order valence-electron chi connectivity index (χ4n) is 2.64. The number of rotatable bonds is 3. The van der Waals surface area contributed by atoms with Crippen molar-refractivity contribution < 1.29 is 9.59 Å². The van der Waals surface area contributed by atoms with E-state index in [0.29, 0.717) is 21.4 Å². The maximum Gasteiger partial charge on any atom is 0.283 e. The molecule has 0 saturated carbocycles. The molecule has 3 rings (SSSR count). The summed E-state index contributed by atoms with van der Waals surface area (Å²) in [6, 6.07) is 10.3. The molecule has 0 spiro atoms. The molecule has 128 valence electrons. The van der Waals surface area contributed by atoms with Gasteiger partial charge in [0, 0.05) is 5.69 Å². The Kier molecular flexibility index (Phi) is 4.78. The van der Waals surface area contributed by atoms with Crippen molar-refractivity contribution in [3.63, 3.8) is 0 Å². The molecule has 0 saturated heterocycles. The summed E-state index contributed by atoms with van der Waals surface area (Å²) in [6.45, 7) is 3.79. The average Bonchev–Trinajstić information content (AvgIpc) is 2.73. The highest BCUT2D eigenvalue weighted by Gasteiger charge is 2.39. The van der Waals surface area contributed by atoms with E-state index in [9.17, 15) is 9.59 Å². The van der Waals surface area contributed by atoms with Gasteiger partial charge in [-0.1, -0.05) is 40.9 Å². The molecule has 1 aliphatic rings. The van der Waals surface area contributed by atoms with Gasteiger partial charge in [-0.2, -0.15) is 0 Å². The normalized spacial score (nSPS) is 14.5. The topological polar surface area (TPSA) is 49.4 Å². The van der Waals surface area contributed by atoms with Crippen molar-refractivity contribution in [2.75, 3.05) is 10.2 Å². The zero-order valence-corrected chi connectivity index (χ0v) is 15.6. The van der Waals surface area contributed by atoms with Crippen LogP contribution in [-0.4, -0.2) is 11.8 Å². The van der Waals surface area contributed by atoms with Gasteiger partial charge >= 0.3 is 0 Å². The summed E-state index contributed by atoms with van der Waals surface area (Å²) in [6.07, 6.45) is 0. The zero-order valence-electron chi connectivity index (χ0n) is 13.4. The summed E-state index contributed by atoms with van der Waals surface area (Å²) >= 11 is 18.0. The van der Waals surface area contributed by atoms with Crippen molar-refractivity contribution in [3.05, 3.63) is 68.3 Å². The number of amides is 2. The first-order valence-corrected chi connectivity index (χ1v) is 8.50. The number of hydrogen-bond acceptors (Lipinski definition) is 3. The van der Waals surface area contributed by atoms with E-state index in [-0.39, 0.29) is 10.7 Å². The molecule has 0 radical (unpaired) electrons. The number of aryl methyl sites for hydroxylation is 2. The van der Waals surface area contributed by atoms with E-state index in [2.05, 4.69) is 5.32 Å². The van der Waals surface area contributed by atoms with Crippen LogP contribution < -0.4 is 10.2 Å². The van der Waals surface area contributed by atoms with Gasteiger partial charge < -0.3 is 5.32 Å². The number of hydrogen-bond donors (Lipinski definition) is 1. The predicted octanol–water partition coefficient (Wildman–Crippen LogP) is 5.05. The lowest BCUT2D eigenvalue weighted by Gasteiger charge is -2.16. The highest BCUT2D eigenvalue weighted by Crippen LogP contribution is 2.32. The lowest BCUT2D eigenvalue weighted by atomic mass is 10.1. The number of carbonyl (C=O) groups excluding carboxylic acids is 2. The number of imide groups is 1. The van der Waals surface area contributed by atoms with Gasteiger partial charge in [0.15, 0.2) is 0 Å². The van der Waals surface area contributed by atoms with Gasteiger partial charge in [0.1, 0.15) is 10.7 Å². The van der Waals surface area contributed by atoms with Crippen LogP contribution in [-0.2, 0) is 9.59 Å². The van der Waals surface area contributed by atoms with E-state index in [1.54, 1.807) is 30.3 Å². The Balaban J connectivity index is 1.95. The largest absolute Gasteiger partial charge is 0.350 e. The second-order valence-electron chi connectivity index (χ2n) is 5.73. The van der Waals surface area contributed by atoms with Crippen molar-refractivity contribution in [2.45, 2.75) is 13.8 Å². The molecule has 0 atom stereocenters. The lowest BCUT2D eigenvalue weighted by molar-refractivity contribution is -0.120. The molecular weight excluding hydrogens is 383 g/mol. The van der Waals surface area contributed by atoms with Gasteiger partial charge in [0.05, 0.1) is 15.7 Å². The zero-order chi connectivity index (χ0) is 18.3. The first kappa shape index (κ1) is 17.8. The minimum Gasteiger partial charge on any atom is -0.350 e. The number of halogens is 3. The third-order valence-electron chi connectivity index (χ3n) is 3.68. The molecule has 2 aromatic rings. The monoisotopic (exact) mass is 394 g/mol. The van der Waals surface area contributed by atoms with Crippen molar-refractivity contribution in [1.29, 1.82) is 0 Å². The first-order chi connectivity index (χ1) is 11.8. The molecule has 0 unspecified atom stereocenters. The Hall–Kier alpha value is -2.01. The van der Waals surface area contributed by atoms with Crippen LogP contribution in [0.25, 0.3) is 0 Å². The van der Waals surface area contributed by atoms with E-state index in [0.717, 1.165) is 16.0 Å². The molecular formula is C18H13Cl3N2O2. The van der Waals surface area contributed by atoms with Gasteiger partial charge in [-0.15, -0.1) is 0 Å². The van der Waals surface area contributed by atoms with Crippen LogP contribution in [0.3, 0.4) is 0 Å². The smallest absolute Gasteiger partial charge is 0.283 e. The minimum atomic E-state index is -0.570. The van der Waals surface area contributed by atoms with Crippen LogP contribution in [0.5, 0.6) is 0 Å². The fourth-order valence-corrected chi connectivity index (χ4v) is 3.15. The third-order valence-corrected chi connectivity index (χ3v) is 4.77. The third kappa shape index (κ3) is 3.38. The molecule has 0 aromatic heterocycles. The number of carbonyl (C=O) groups is 2. The molecule has 0 aliphatic carbocycles. The van der Waals surface area contributed by atoms with E-state index in [1.165, 1.54) is 0 Å². The molecule has 1 heterocycles. The van der Waals surface area contributed by atoms with Gasteiger partial charge in [-0.05, 0) is 55.3 Å². The Morgan fingerprint density at radius 2 is 1.48 bits per heavy atom. The standard InChI is InChI=1S/C18H13Cl3N2O2/c1-9-5-10(2)7-12(6-9)23-17(24)15(21)16(18(23)25)22-11-3-4-13(19)14(20)8-11/h3-8,22H,1-2H3. The SMILES string of the molecule is Cc1cc(C)cc(N2C(=O)C(Cl)=C(Nc3ccc(Cl)c(Cl)c3)C2=O)c1. The van der Waals surface area contributed by atoms with Crippen LogP contribution >= 0.6 is 34.8 Å². The molecule has 1 aliphatic heterocycles. The Morgan fingerprint density at radius 3 is 2.08 bits per heavy atom. The van der Waals surface area contributed by atoms with Crippen molar-refractivity contribution in [2.24, 2.45) is 0 Å². The number of nitrogens with one attached hydrogen (secondary N) is 1. The van der Waals surface area contributed by atoms with Crippen molar-refractivity contribution >= 4 is 58.0 Å². The van der Waals surface area contributed by atoms with Gasteiger partial charge in [-0.25, -0.2) is 4.90 Å². The highest BCUT2D eigenvalue weighted by molar-refractivity contribution is 6.53. The molecule has 7 heteroatoms. The lowest BCUT2D eigenvalue weighted by Crippen LogP contribution is -2.32. The summed E-state index contributed by atoms with van der Waals surface area (Å²) < 4.78 is 0. The average molecular weight is 396 g/mol. The molecule has 25 heavy (non-hydrogen) atoms. The quantitative estimate of drug-likeness (QED) is 0.740. The minimum absolute atomic E-state index is 0.00390. The maximum atomic E-state index is 12.7. The van der Waals surface area contributed by atoms with Gasteiger partial charge in [-0.3, -0.25) is 9.59 Å². The summed E-state index contributed by atoms with van der Waals surface area (Å²) in [7, 11) is 0. The fraction of sp³-hybridized carbons (Fsp3) is 0.111. The summed E-state index contributed by atoms with van der Waals surface area (Å²) in [5.74, 6) is -1.09. The van der Waals surface area contributed by atoms with Crippen LogP contribution in [0.4, 0.5) is 11.4 Å². The second-order valence-corrected chi connectivity index (χ2v) is 6.93. The molecule has 2 aromatic carbocycles. The molecule has 2 amide bonds. The molecule has 4 nitrogen and oxygen atoms in total. The van der Waals surface area contributed by atoms with E-state index in [1.807, 2.05) is 19.9 Å². The van der Waals surface area contributed by atoms with E-state index >= 15 is 0 Å². The number of anilines is 2. The van der Waals surface area contributed by atoms with Crippen LogP contribution in [0, 0.1) is 13.8 Å². The maximum absolute atomic E-state index is 12.7. The molecule has 0 fully saturated rings. The van der Waals surface area contributed by atoms with Crippen LogP contribution in [0.15, 0.2) is 47.1 Å². The summed E-state index contributed by atoms with van der Waals surface area (Å²) in [5, 5.41) is 3.40. The first-order valence-electron chi connectivity index (χ1n) is 7.37. The Bertz CT molecular complexity index is 918. The second kappa shape index (κ2) is 6.71. The van der Waals surface area contributed by atoms with Crippen molar-refractivity contribution in [3.8, 4) is 0 Å². The van der Waals surface area contributed by atoms with E-state index < -0.39 is 11.8 Å². The van der Waals surface area contributed by atoms with Crippen LogP contribution in [0.2, 0.25) is 10.0 Å². The number of nitrogens with zero attached hydrogens (tertiary/aromatic N) is 1. The number of benzene rings is 2.